The fraction of sp³-hybridized carbons (Fsp3) is 0.400. The fourth-order valence-electron chi connectivity index (χ4n) is 3.42. The molecule has 11 heteroatoms. The predicted molar refractivity (Wildman–Crippen MR) is 117 cm³/mol. The van der Waals surface area contributed by atoms with E-state index in [0.717, 1.165) is 11.4 Å². The second-order valence-corrected chi connectivity index (χ2v) is 9.71. The molecule has 31 heavy (non-hydrogen) atoms. The molecule has 1 saturated heterocycles. The first-order chi connectivity index (χ1) is 15.1. The third-order valence-electron chi connectivity index (χ3n) is 5.17. The molecule has 0 bridgehead atoms. The molecule has 0 N–H and O–H groups in total. The first-order valence-corrected chi connectivity index (χ1v) is 11.6. The van der Waals surface area contributed by atoms with E-state index >= 15 is 0 Å². The van der Waals surface area contributed by atoms with E-state index in [4.69, 9.17) is 9.47 Å². The molecule has 4 heterocycles. The van der Waals surface area contributed by atoms with Crippen molar-refractivity contribution in [3.05, 3.63) is 36.3 Å². The minimum atomic E-state index is -2.08. The van der Waals surface area contributed by atoms with Crippen LogP contribution in [0.2, 0.25) is 0 Å². The molecule has 1 fully saturated rings. The zero-order chi connectivity index (χ0) is 21.8. The third-order valence-corrected chi connectivity index (χ3v) is 7.48. The molecule has 0 aromatic carbocycles. The summed E-state index contributed by atoms with van der Waals surface area (Å²) in [6.45, 7) is 2.08. The third kappa shape index (κ3) is 4.30. The van der Waals surface area contributed by atoms with Crippen LogP contribution in [0.5, 0.6) is 5.88 Å². The maximum Gasteiger partial charge on any atom is 0.233 e. The van der Waals surface area contributed by atoms with Crippen molar-refractivity contribution in [1.29, 1.82) is 5.26 Å². The van der Waals surface area contributed by atoms with E-state index in [1.165, 1.54) is 6.20 Å². The second-order valence-electron chi connectivity index (χ2n) is 6.99. The Labute approximate surface area is 180 Å². The monoisotopic (exact) mass is 441 g/mol. The van der Waals surface area contributed by atoms with Gasteiger partial charge < -0.3 is 14.4 Å². The Balaban J connectivity index is 1.65. The molecule has 162 valence electrons. The van der Waals surface area contributed by atoms with Gasteiger partial charge in [0.05, 0.1) is 19.0 Å². The molecule has 0 amide bonds. The van der Waals surface area contributed by atoms with Gasteiger partial charge in [0.25, 0.3) is 0 Å². The normalized spacial score (nSPS) is 15.6. The van der Waals surface area contributed by atoms with Gasteiger partial charge in [-0.05, 0) is 12.1 Å². The highest BCUT2D eigenvalue weighted by Crippen LogP contribution is 2.28. The maximum absolute atomic E-state index is 12.4. The number of hydrogen-bond acceptors (Lipinski definition) is 9. The molecule has 3 aromatic heterocycles. The van der Waals surface area contributed by atoms with E-state index in [2.05, 4.69) is 30.4 Å². The number of methoxy groups -OCH3 is 1. The van der Waals surface area contributed by atoms with E-state index < -0.39 is 9.73 Å². The van der Waals surface area contributed by atoms with Crippen LogP contribution in [-0.4, -0.2) is 75.8 Å². The smallest absolute Gasteiger partial charge is 0.233 e. The standard InChI is InChI=1S/C20H23N7O3S/c1-22-31(28)9-5-26(6-10-31)17-4-3-15(12-23-17)19-20-16(11-21)13-24-27(20)14-18(25-19)30-8-7-29-2/h3-4,12-14H,5-10H2,1-2H3. The largest absolute Gasteiger partial charge is 0.474 e. The number of pyridine rings is 1. The number of nitriles is 1. The summed E-state index contributed by atoms with van der Waals surface area (Å²) in [5, 5.41) is 13.7. The predicted octanol–water partition coefficient (Wildman–Crippen LogP) is 1.61. The molecule has 3 aromatic rings. The molecule has 0 aliphatic carbocycles. The quantitative estimate of drug-likeness (QED) is 0.530. The van der Waals surface area contributed by atoms with Gasteiger partial charge in [0.1, 0.15) is 35.3 Å². The molecule has 0 spiro atoms. The van der Waals surface area contributed by atoms with Gasteiger partial charge in [-0.2, -0.15) is 10.4 Å². The van der Waals surface area contributed by atoms with Crippen LogP contribution < -0.4 is 9.64 Å². The molecule has 4 rings (SSSR count). The Morgan fingerprint density at radius 1 is 1.26 bits per heavy atom. The molecular formula is C20H23N7O3S. The molecule has 1 aliphatic heterocycles. The van der Waals surface area contributed by atoms with E-state index in [-0.39, 0.29) is 0 Å². The molecule has 0 saturated carbocycles. The van der Waals surface area contributed by atoms with Gasteiger partial charge in [-0.1, -0.05) is 0 Å². The fourth-order valence-corrected chi connectivity index (χ4v) is 5.00. The van der Waals surface area contributed by atoms with Crippen molar-refractivity contribution in [3.63, 3.8) is 0 Å². The lowest BCUT2D eigenvalue weighted by Gasteiger charge is -2.29. The van der Waals surface area contributed by atoms with E-state index in [0.29, 0.717) is 60.5 Å². The molecular weight excluding hydrogens is 418 g/mol. The highest BCUT2D eigenvalue weighted by atomic mass is 32.2. The Hall–Kier alpha value is -3.23. The molecule has 10 nitrogen and oxygen atoms in total. The Morgan fingerprint density at radius 3 is 2.71 bits per heavy atom. The number of rotatable bonds is 6. The van der Waals surface area contributed by atoms with Crippen molar-refractivity contribution in [3.8, 4) is 23.2 Å². The Kier molecular flexibility index (Phi) is 6.01. The number of anilines is 1. The van der Waals surface area contributed by atoms with Crippen LogP contribution in [0.15, 0.2) is 35.1 Å². The number of hydrogen-bond donors (Lipinski definition) is 0. The van der Waals surface area contributed by atoms with Gasteiger partial charge in [0.15, 0.2) is 0 Å². The first kappa shape index (κ1) is 21.0. The van der Waals surface area contributed by atoms with Crippen LogP contribution in [-0.2, 0) is 14.5 Å². The number of nitrogens with zero attached hydrogens (tertiary/aromatic N) is 7. The van der Waals surface area contributed by atoms with Gasteiger partial charge in [-0.3, -0.25) is 0 Å². The second kappa shape index (κ2) is 8.87. The SMILES string of the molecule is CN=S1(=O)CCN(c2ccc(-c3nc(OCCOC)cn4ncc(C#N)c34)cn2)CC1. The van der Waals surface area contributed by atoms with E-state index in [1.807, 2.05) is 12.1 Å². The minimum absolute atomic E-state index is 0.347. The van der Waals surface area contributed by atoms with Crippen LogP contribution in [0.1, 0.15) is 5.56 Å². The summed E-state index contributed by atoms with van der Waals surface area (Å²) in [6, 6.07) is 5.98. The lowest BCUT2D eigenvalue weighted by Crippen LogP contribution is -2.40. The average molecular weight is 442 g/mol. The van der Waals surface area contributed by atoms with Crippen molar-refractivity contribution in [2.75, 3.05) is 56.9 Å². The van der Waals surface area contributed by atoms with Crippen molar-refractivity contribution in [1.82, 2.24) is 19.6 Å². The van der Waals surface area contributed by atoms with Gasteiger partial charge in [-0.15, -0.1) is 0 Å². The lowest BCUT2D eigenvalue weighted by molar-refractivity contribution is 0.143. The summed E-state index contributed by atoms with van der Waals surface area (Å²) < 4.78 is 28.7. The number of fused-ring (bicyclic) bond motifs is 1. The Bertz CT molecular complexity index is 1230. The van der Waals surface area contributed by atoms with Gasteiger partial charge in [0, 0.05) is 60.2 Å². The molecule has 0 atom stereocenters. The number of ether oxygens (including phenoxy) is 2. The van der Waals surface area contributed by atoms with Crippen molar-refractivity contribution >= 4 is 21.1 Å². The lowest BCUT2D eigenvalue weighted by atomic mass is 10.1. The van der Waals surface area contributed by atoms with E-state index in [9.17, 15) is 9.47 Å². The highest BCUT2D eigenvalue weighted by molar-refractivity contribution is 7.93. The van der Waals surface area contributed by atoms with E-state index in [1.54, 1.807) is 31.1 Å². The summed E-state index contributed by atoms with van der Waals surface area (Å²) in [6.07, 6.45) is 4.87. The first-order valence-electron chi connectivity index (χ1n) is 9.79. The number of aromatic nitrogens is 4. The summed E-state index contributed by atoms with van der Waals surface area (Å²) >= 11 is 0. The van der Waals surface area contributed by atoms with Crippen molar-refractivity contribution in [2.45, 2.75) is 0 Å². The van der Waals surface area contributed by atoms with Crippen LogP contribution >= 0.6 is 0 Å². The summed E-state index contributed by atoms with van der Waals surface area (Å²) in [5.74, 6) is 2.26. The Morgan fingerprint density at radius 2 is 2.06 bits per heavy atom. The minimum Gasteiger partial charge on any atom is -0.474 e. The average Bonchev–Trinajstić information content (AvgIpc) is 3.22. The summed E-state index contributed by atoms with van der Waals surface area (Å²) in [4.78, 5) is 11.3. The molecule has 0 radical (unpaired) electrons. The van der Waals surface area contributed by atoms with Gasteiger partial charge in [0.2, 0.25) is 5.88 Å². The molecule has 1 aliphatic rings. The van der Waals surface area contributed by atoms with Crippen molar-refractivity contribution < 1.29 is 13.7 Å². The van der Waals surface area contributed by atoms with Crippen LogP contribution in [0.3, 0.4) is 0 Å². The summed E-state index contributed by atoms with van der Waals surface area (Å²) in [7, 11) is 1.15. The van der Waals surface area contributed by atoms with Gasteiger partial charge >= 0.3 is 0 Å². The van der Waals surface area contributed by atoms with Gasteiger partial charge in [-0.25, -0.2) is 23.1 Å². The van der Waals surface area contributed by atoms with Crippen LogP contribution in [0.4, 0.5) is 5.82 Å². The highest BCUT2D eigenvalue weighted by Gasteiger charge is 2.21. The van der Waals surface area contributed by atoms with Crippen LogP contribution in [0, 0.1) is 11.3 Å². The maximum atomic E-state index is 12.4. The topological polar surface area (TPSA) is 118 Å². The molecule has 0 unspecified atom stereocenters. The van der Waals surface area contributed by atoms with Crippen LogP contribution in [0.25, 0.3) is 16.8 Å². The zero-order valence-corrected chi connectivity index (χ0v) is 18.2. The van der Waals surface area contributed by atoms with Crippen molar-refractivity contribution in [2.24, 2.45) is 4.36 Å². The zero-order valence-electron chi connectivity index (χ0n) is 17.4. The summed E-state index contributed by atoms with van der Waals surface area (Å²) in [5.41, 5.74) is 2.32.